The summed E-state index contributed by atoms with van der Waals surface area (Å²) >= 11 is 0. The molecular formula is C14H14F3NO3S. The number of hydrogen-bond donors (Lipinski definition) is 0. The molecule has 4 nitrogen and oxygen atoms in total. The van der Waals surface area contributed by atoms with Crippen molar-refractivity contribution in [3.8, 4) is 5.88 Å². The van der Waals surface area contributed by atoms with Gasteiger partial charge in [0.1, 0.15) is 0 Å². The molecular weight excluding hydrogens is 319 g/mol. The van der Waals surface area contributed by atoms with Crippen molar-refractivity contribution in [3.05, 3.63) is 30.0 Å². The summed E-state index contributed by atoms with van der Waals surface area (Å²) < 4.78 is 64.7. The van der Waals surface area contributed by atoms with Gasteiger partial charge in [0.25, 0.3) is 0 Å². The molecule has 3 heterocycles. The van der Waals surface area contributed by atoms with Crippen LogP contribution in [0.25, 0.3) is 5.57 Å². The monoisotopic (exact) mass is 333 g/mol. The van der Waals surface area contributed by atoms with E-state index in [-0.39, 0.29) is 11.1 Å². The van der Waals surface area contributed by atoms with Crippen LogP contribution >= 0.6 is 0 Å². The van der Waals surface area contributed by atoms with Crippen molar-refractivity contribution >= 4 is 15.4 Å². The van der Waals surface area contributed by atoms with E-state index in [4.69, 9.17) is 0 Å². The number of ether oxygens (including phenoxy) is 1. The zero-order valence-electron chi connectivity index (χ0n) is 11.5. The average molecular weight is 333 g/mol. The largest absolute Gasteiger partial charge is 0.468 e. The molecule has 0 amide bonds. The van der Waals surface area contributed by atoms with Crippen LogP contribution < -0.4 is 4.74 Å². The zero-order chi connectivity index (χ0) is 16.0. The van der Waals surface area contributed by atoms with Gasteiger partial charge in [0, 0.05) is 12.3 Å². The standard InChI is InChI=1S/C14H14F3NO3S/c15-14(16,17)8-21-13-4-1-9(7-18-13)10-5-11-2-3-12(6-10)22(11,19)20/h1,4-5,7,11-12H,2-3,6,8H2. The maximum Gasteiger partial charge on any atom is 0.422 e. The van der Waals surface area contributed by atoms with Gasteiger partial charge in [-0.2, -0.15) is 13.2 Å². The van der Waals surface area contributed by atoms with Gasteiger partial charge in [-0.1, -0.05) is 6.08 Å². The van der Waals surface area contributed by atoms with E-state index >= 15 is 0 Å². The molecule has 1 aromatic rings. The number of sulfone groups is 1. The molecule has 8 heteroatoms. The molecule has 1 saturated heterocycles. The number of pyridine rings is 1. The molecule has 2 unspecified atom stereocenters. The third kappa shape index (κ3) is 2.97. The predicted octanol–water partition coefficient (Wildman–Crippen LogP) is 2.76. The van der Waals surface area contributed by atoms with Gasteiger partial charge in [0.2, 0.25) is 5.88 Å². The number of hydrogen-bond acceptors (Lipinski definition) is 4. The van der Waals surface area contributed by atoms with E-state index < -0.39 is 27.9 Å². The van der Waals surface area contributed by atoms with Gasteiger partial charge >= 0.3 is 6.18 Å². The van der Waals surface area contributed by atoms with Crippen molar-refractivity contribution in [1.29, 1.82) is 0 Å². The fourth-order valence-electron chi connectivity index (χ4n) is 2.89. The minimum atomic E-state index is -4.40. The smallest absolute Gasteiger partial charge is 0.422 e. The third-order valence-electron chi connectivity index (χ3n) is 3.99. The van der Waals surface area contributed by atoms with Gasteiger partial charge in [-0.05, 0) is 36.5 Å². The first-order valence-corrected chi connectivity index (χ1v) is 8.46. The first-order valence-electron chi connectivity index (χ1n) is 6.85. The second-order valence-corrected chi connectivity index (χ2v) is 7.96. The number of fused-ring (bicyclic) bond motifs is 2. The molecule has 0 N–H and O–H groups in total. The summed E-state index contributed by atoms with van der Waals surface area (Å²) in [7, 11) is -3.05. The van der Waals surface area contributed by atoms with Crippen molar-refractivity contribution in [1.82, 2.24) is 4.98 Å². The second kappa shape index (κ2) is 5.26. The Hall–Kier alpha value is -1.57. The number of rotatable bonds is 3. The van der Waals surface area contributed by atoms with E-state index in [1.54, 1.807) is 12.1 Å². The minimum absolute atomic E-state index is 0.104. The predicted molar refractivity (Wildman–Crippen MR) is 74.1 cm³/mol. The lowest BCUT2D eigenvalue weighted by molar-refractivity contribution is -0.154. The molecule has 0 aliphatic carbocycles. The minimum Gasteiger partial charge on any atom is -0.468 e. The molecule has 2 atom stereocenters. The Balaban J connectivity index is 1.74. The number of allylic oxidation sites excluding steroid dienone is 1. The Morgan fingerprint density at radius 1 is 1.27 bits per heavy atom. The van der Waals surface area contributed by atoms with Crippen LogP contribution in [-0.4, -0.2) is 36.7 Å². The highest BCUT2D eigenvalue weighted by Gasteiger charge is 2.43. The summed E-state index contributed by atoms with van der Waals surface area (Å²) in [6, 6.07) is 2.98. The van der Waals surface area contributed by atoms with Crippen LogP contribution in [0.4, 0.5) is 13.2 Å². The Labute approximate surface area is 125 Å². The van der Waals surface area contributed by atoms with Gasteiger partial charge in [-0.15, -0.1) is 0 Å². The van der Waals surface area contributed by atoms with Crippen LogP contribution in [0, 0.1) is 0 Å². The van der Waals surface area contributed by atoms with Crippen LogP contribution in [0.2, 0.25) is 0 Å². The number of halogens is 3. The van der Waals surface area contributed by atoms with Crippen LogP contribution in [-0.2, 0) is 9.84 Å². The molecule has 0 radical (unpaired) electrons. The molecule has 120 valence electrons. The van der Waals surface area contributed by atoms with Crippen molar-refractivity contribution in [2.24, 2.45) is 0 Å². The van der Waals surface area contributed by atoms with Crippen molar-refractivity contribution in [2.45, 2.75) is 35.9 Å². The highest BCUT2D eigenvalue weighted by molar-refractivity contribution is 7.93. The lowest BCUT2D eigenvalue weighted by Crippen LogP contribution is -2.26. The van der Waals surface area contributed by atoms with Crippen LogP contribution in [0.5, 0.6) is 5.88 Å². The van der Waals surface area contributed by atoms with Gasteiger partial charge in [0.15, 0.2) is 16.4 Å². The van der Waals surface area contributed by atoms with Crippen LogP contribution in [0.1, 0.15) is 24.8 Å². The fourth-order valence-corrected chi connectivity index (χ4v) is 5.07. The molecule has 22 heavy (non-hydrogen) atoms. The van der Waals surface area contributed by atoms with Crippen molar-refractivity contribution < 1.29 is 26.3 Å². The van der Waals surface area contributed by atoms with Gasteiger partial charge in [-0.3, -0.25) is 0 Å². The van der Waals surface area contributed by atoms with Crippen LogP contribution in [0.3, 0.4) is 0 Å². The maximum atomic E-state index is 12.1. The molecule has 1 aromatic heterocycles. The first-order chi connectivity index (χ1) is 10.3. The summed E-state index contributed by atoms with van der Waals surface area (Å²) in [5.41, 5.74) is 1.61. The number of aromatic nitrogens is 1. The topological polar surface area (TPSA) is 56.3 Å². The van der Waals surface area contributed by atoms with Crippen molar-refractivity contribution in [3.63, 3.8) is 0 Å². The highest BCUT2D eigenvalue weighted by atomic mass is 32.2. The average Bonchev–Trinajstić information content (AvgIpc) is 2.65. The van der Waals surface area contributed by atoms with Gasteiger partial charge < -0.3 is 4.74 Å². The summed E-state index contributed by atoms with van der Waals surface area (Å²) in [6.45, 7) is -1.38. The molecule has 2 aliphatic rings. The molecule has 0 saturated carbocycles. The fraction of sp³-hybridized carbons (Fsp3) is 0.500. The number of nitrogens with zero attached hydrogens (tertiary/aromatic N) is 1. The van der Waals surface area contributed by atoms with Gasteiger partial charge in [-0.25, -0.2) is 13.4 Å². The third-order valence-corrected chi connectivity index (χ3v) is 6.53. The normalized spacial score (nSPS) is 26.6. The number of alkyl halides is 3. The molecule has 0 aromatic carbocycles. The Kier molecular flexibility index (Phi) is 3.66. The summed E-state index contributed by atoms with van der Waals surface area (Å²) in [5, 5.41) is -0.791. The van der Waals surface area contributed by atoms with E-state index in [9.17, 15) is 21.6 Å². The van der Waals surface area contributed by atoms with E-state index in [0.29, 0.717) is 19.3 Å². The highest BCUT2D eigenvalue weighted by Crippen LogP contribution is 2.40. The molecule has 2 aliphatic heterocycles. The molecule has 0 spiro atoms. The van der Waals surface area contributed by atoms with Crippen molar-refractivity contribution in [2.75, 3.05) is 6.61 Å². The Morgan fingerprint density at radius 3 is 2.64 bits per heavy atom. The summed E-state index contributed by atoms with van der Waals surface area (Å²) in [4.78, 5) is 3.85. The van der Waals surface area contributed by atoms with E-state index in [1.165, 1.54) is 12.3 Å². The van der Waals surface area contributed by atoms with Crippen LogP contribution in [0.15, 0.2) is 24.4 Å². The Bertz CT molecular complexity index is 695. The first kappa shape index (κ1) is 15.3. The van der Waals surface area contributed by atoms with E-state index in [0.717, 1.165) is 11.1 Å². The Morgan fingerprint density at radius 2 is 2.05 bits per heavy atom. The molecule has 3 rings (SSSR count). The lowest BCUT2D eigenvalue weighted by Gasteiger charge is -2.20. The summed E-state index contributed by atoms with van der Waals surface area (Å²) in [6.07, 6.45) is 0.494. The second-order valence-electron chi connectivity index (χ2n) is 5.51. The van der Waals surface area contributed by atoms with E-state index in [2.05, 4.69) is 9.72 Å². The maximum absolute atomic E-state index is 12.1. The zero-order valence-corrected chi connectivity index (χ0v) is 12.3. The van der Waals surface area contributed by atoms with E-state index in [1.807, 2.05) is 0 Å². The molecule has 2 bridgehead atoms. The quantitative estimate of drug-likeness (QED) is 0.853. The van der Waals surface area contributed by atoms with Gasteiger partial charge in [0.05, 0.1) is 10.5 Å². The summed E-state index contributed by atoms with van der Waals surface area (Å²) in [5.74, 6) is -0.104. The molecule has 1 fully saturated rings. The lowest BCUT2D eigenvalue weighted by atomic mass is 10.0. The SMILES string of the molecule is O=S1(=O)C2C=C(c3ccc(OCC(F)(F)F)nc3)CC1CC2.